The molecule has 1 amide bonds. The largest absolute Gasteiger partial charge is 0.441 e. The van der Waals surface area contributed by atoms with E-state index in [1.165, 1.54) is 18.2 Å². The molecule has 1 N–H and O–H groups in total. The molecule has 10 heteroatoms. The summed E-state index contributed by atoms with van der Waals surface area (Å²) < 4.78 is 19.3. The average molecular weight is 432 g/mol. The highest BCUT2D eigenvalue weighted by Gasteiger charge is 2.51. The molecule has 0 spiro atoms. The molecule has 1 aromatic carbocycles. The number of carbonyl (C=O) groups is 1. The van der Waals surface area contributed by atoms with Gasteiger partial charge in [0.2, 0.25) is 5.16 Å². The fraction of sp³-hybridized carbons (Fsp3) is 0.600. The maximum atomic E-state index is 12.3. The summed E-state index contributed by atoms with van der Waals surface area (Å²) in [7, 11) is 0. The molecule has 1 saturated carbocycles. The number of ether oxygens (including phenoxy) is 3. The van der Waals surface area contributed by atoms with Crippen LogP contribution in [0, 0.1) is 0 Å². The van der Waals surface area contributed by atoms with Crippen LogP contribution in [0.1, 0.15) is 38.1 Å². The van der Waals surface area contributed by atoms with Gasteiger partial charge in [-0.2, -0.15) is 0 Å². The molecule has 160 valence electrons. The molecular formula is C20H25N5O4S. The predicted octanol–water partition coefficient (Wildman–Crippen LogP) is 2.59. The number of tetrazole rings is 1. The Kier molecular flexibility index (Phi) is 5.87. The molecule has 2 aliphatic heterocycles. The van der Waals surface area contributed by atoms with Crippen LogP contribution in [0.15, 0.2) is 40.4 Å². The molecule has 3 aliphatic rings. The Balaban J connectivity index is 1.21. The Labute approximate surface area is 178 Å². The van der Waals surface area contributed by atoms with E-state index >= 15 is 0 Å². The van der Waals surface area contributed by atoms with E-state index in [4.69, 9.17) is 14.2 Å². The summed E-state index contributed by atoms with van der Waals surface area (Å²) in [4.78, 5) is 13.4. The fourth-order valence-corrected chi connectivity index (χ4v) is 5.24. The zero-order valence-electron chi connectivity index (χ0n) is 16.6. The number of hydrogen-bond acceptors (Lipinski definition) is 8. The molecule has 0 bridgehead atoms. The summed E-state index contributed by atoms with van der Waals surface area (Å²) in [5, 5.41) is 15.8. The van der Waals surface area contributed by atoms with Gasteiger partial charge in [-0.15, -0.1) is 5.10 Å². The van der Waals surface area contributed by atoms with Gasteiger partial charge >= 0.3 is 6.09 Å². The van der Waals surface area contributed by atoms with Gasteiger partial charge in [0, 0.05) is 10.9 Å². The van der Waals surface area contributed by atoms with Crippen LogP contribution in [0.4, 0.5) is 4.79 Å². The molecule has 0 unspecified atom stereocenters. The van der Waals surface area contributed by atoms with Crippen molar-refractivity contribution in [3.8, 4) is 0 Å². The number of alkyl carbamates (subject to hydrolysis) is 1. The topological polar surface area (TPSA) is 100 Å². The Bertz CT molecular complexity index is 860. The van der Waals surface area contributed by atoms with Gasteiger partial charge in [0.1, 0.15) is 18.2 Å². The number of hydrogen-bond donors (Lipinski definition) is 1. The highest BCUT2D eigenvalue weighted by molar-refractivity contribution is 7.99. The maximum absolute atomic E-state index is 12.3. The summed E-state index contributed by atoms with van der Waals surface area (Å²) in [6.45, 7) is 0.722. The molecule has 2 aromatic rings. The van der Waals surface area contributed by atoms with Gasteiger partial charge < -0.3 is 19.5 Å². The molecule has 4 atom stereocenters. The standard InChI is InChI=1S/C20H25N5O4S/c26-20(21-13-7-3-1-4-8-13)29-16-12-28-17-15(11-27-18(16)17)25-19(22-23-24-25)30-14-9-5-2-6-10-14/h2,5-6,9-10,13,15-18H,1,3-4,7-8,11-12H2,(H,21,26)/t15-,16+,17+,18+/m0/s1. The molecule has 1 aliphatic carbocycles. The first-order chi connectivity index (χ1) is 14.8. The van der Waals surface area contributed by atoms with Crippen molar-refractivity contribution in [3.63, 3.8) is 0 Å². The number of amides is 1. The van der Waals surface area contributed by atoms with Gasteiger partial charge in [0.15, 0.2) is 6.10 Å². The third-order valence-electron chi connectivity index (χ3n) is 5.90. The van der Waals surface area contributed by atoms with Gasteiger partial charge in [0.05, 0.1) is 13.2 Å². The van der Waals surface area contributed by atoms with E-state index in [9.17, 15) is 4.79 Å². The van der Waals surface area contributed by atoms with Crippen molar-refractivity contribution in [2.45, 2.75) is 72.6 Å². The van der Waals surface area contributed by atoms with Gasteiger partial charge in [-0.1, -0.05) is 37.5 Å². The summed E-state index contributed by atoms with van der Waals surface area (Å²) in [5.74, 6) is 0. The Morgan fingerprint density at radius 3 is 2.73 bits per heavy atom. The SMILES string of the molecule is O=C(NC1CCCCC1)O[C@@H]1CO[C@H]2[C@@H]1OC[C@@H]2n1nnnc1Sc1ccccc1. The van der Waals surface area contributed by atoms with Crippen molar-refractivity contribution >= 4 is 17.9 Å². The van der Waals surface area contributed by atoms with Gasteiger partial charge in [-0.3, -0.25) is 0 Å². The van der Waals surface area contributed by atoms with Gasteiger partial charge in [-0.25, -0.2) is 9.48 Å². The monoisotopic (exact) mass is 431 g/mol. The van der Waals surface area contributed by atoms with Crippen molar-refractivity contribution in [2.24, 2.45) is 0 Å². The lowest BCUT2D eigenvalue weighted by atomic mass is 9.96. The Morgan fingerprint density at radius 2 is 1.90 bits per heavy atom. The second kappa shape index (κ2) is 8.91. The predicted molar refractivity (Wildman–Crippen MR) is 107 cm³/mol. The van der Waals surface area contributed by atoms with E-state index in [0.29, 0.717) is 18.4 Å². The first-order valence-corrected chi connectivity index (χ1v) is 11.3. The van der Waals surface area contributed by atoms with Gasteiger partial charge in [0.25, 0.3) is 0 Å². The van der Waals surface area contributed by atoms with Crippen LogP contribution in [-0.2, 0) is 14.2 Å². The Hall–Kier alpha value is -2.17. The third-order valence-corrected chi connectivity index (χ3v) is 6.86. The van der Waals surface area contributed by atoms with Crippen LogP contribution >= 0.6 is 11.8 Å². The number of aromatic nitrogens is 4. The summed E-state index contributed by atoms with van der Waals surface area (Å²) in [6, 6.07) is 10.00. The lowest BCUT2D eigenvalue weighted by Gasteiger charge is -2.24. The number of fused-ring (bicyclic) bond motifs is 1. The van der Waals surface area contributed by atoms with Crippen molar-refractivity contribution in [1.82, 2.24) is 25.5 Å². The average Bonchev–Trinajstić information content (AvgIpc) is 3.47. The molecule has 30 heavy (non-hydrogen) atoms. The second-order valence-electron chi connectivity index (χ2n) is 7.91. The number of benzene rings is 1. The molecule has 5 rings (SSSR count). The molecule has 9 nitrogen and oxygen atoms in total. The molecule has 2 saturated heterocycles. The Morgan fingerprint density at radius 1 is 1.10 bits per heavy atom. The lowest BCUT2D eigenvalue weighted by Crippen LogP contribution is -2.41. The first kappa shape index (κ1) is 19.8. The van der Waals surface area contributed by atoms with Crippen LogP contribution in [0.3, 0.4) is 0 Å². The summed E-state index contributed by atoms with van der Waals surface area (Å²) in [6.07, 6.45) is 4.21. The molecule has 3 heterocycles. The van der Waals surface area contributed by atoms with Crippen molar-refractivity contribution in [1.29, 1.82) is 0 Å². The van der Waals surface area contributed by atoms with Crippen molar-refractivity contribution < 1.29 is 19.0 Å². The minimum atomic E-state index is -0.426. The normalized spacial score (nSPS) is 28.9. The van der Waals surface area contributed by atoms with E-state index in [1.807, 2.05) is 30.3 Å². The van der Waals surface area contributed by atoms with E-state index in [-0.39, 0.29) is 30.4 Å². The third kappa shape index (κ3) is 4.17. The minimum absolute atomic E-state index is 0.161. The van der Waals surface area contributed by atoms with E-state index in [1.54, 1.807) is 4.68 Å². The van der Waals surface area contributed by atoms with Crippen LogP contribution in [0.25, 0.3) is 0 Å². The quantitative estimate of drug-likeness (QED) is 0.771. The maximum Gasteiger partial charge on any atom is 0.407 e. The van der Waals surface area contributed by atoms with Crippen LogP contribution in [0.5, 0.6) is 0 Å². The summed E-state index contributed by atoms with van der Waals surface area (Å²) >= 11 is 1.49. The fourth-order valence-electron chi connectivity index (χ4n) is 4.39. The highest BCUT2D eigenvalue weighted by atomic mass is 32.2. The zero-order chi connectivity index (χ0) is 20.3. The zero-order valence-corrected chi connectivity index (χ0v) is 17.4. The van der Waals surface area contributed by atoms with E-state index < -0.39 is 6.10 Å². The first-order valence-electron chi connectivity index (χ1n) is 10.5. The number of rotatable bonds is 5. The van der Waals surface area contributed by atoms with Gasteiger partial charge in [-0.05, 0) is 47.2 Å². The van der Waals surface area contributed by atoms with E-state index in [0.717, 1.165) is 30.6 Å². The second-order valence-corrected chi connectivity index (χ2v) is 8.95. The molecular weight excluding hydrogens is 406 g/mol. The highest BCUT2D eigenvalue weighted by Crippen LogP contribution is 2.37. The van der Waals surface area contributed by atoms with Crippen LogP contribution in [-0.4, -0.2) is 63.9 Å². The molecule has 3 fully saturated rings. The minimum Gasteiger partial charge on any atom is -0.441 e. The van der Waals surface area contributed by atoms with Crippen molar-refractivity contribution in [3.05, 3.63) is 30.3 Å². The number of nitrogens with one attached hydrogen (secondary N) is 1. The molecule has 1 aromatic heterocycles. The number of nitrogens with zero attached hydrogens (tertiary/aromatic N) is 4. The lowest BCUT2D eigenvalue weighted by molar-refractivity contribution is 0.00152. The van der Waals surface area contributed by atoms with Crippen LogP contribution < -0.4 is 5.32 Å². The number of carbonyl (C=O) groups excluding carboxylic acids is 1. The van der Waals surface area contributed by atoms with Crippen LogP contribution in [0.2, 0.25) is 0 Å². The van der Waals surface area contributed by atoms with Crippen molar-refractivity contribution in [2.75, 3.05) is 13.2 Å². The smallest absolute Gasteiger partial charge is 0.407 e. The van der Waals surface area contributed by atoms with E-state index in [2.05, 4.69) is 20.8 Å². The molecule has 0 radical (unpaired) electrons. The summed E-state index contributed by atoms with van der Waals surface area (Å²) in [5.41, 5.74) is 0.